The fourth-order valence-electron chi connectivity index (χ4n) is 4.64. The Labute approximate surface area is 212 Å². The van der Waals surface area contributed by atoms with Crippen LogP contribution in [0.25, 0.3) is 28.7 Å². The van der Waals surface area contributed by atoms with Crippen LogP contribution in [0.1, 0.15) is 52.3 Å². The van der Waals surface area contributed by atoms with E-state index in [1.807, 2.05) is 22.9 Å². The minimum absolute atomic E-state index is 0.0144. The van der Waals surface area contributed by atoms with Gasteiger partial charge in [0.1, 0.15) is 17.7 Å². The highest BCUT2D eigenvalue weighted by Crippen LogP contribution is 2.37. The van der Waals surface area contributed by atoms with Gasteiger partial charge in [0, 0.05) is 48.4 Å². The molecule has 7 heteroatoms. The lowest BCUT2D eigenvalue weighted by atomic mass is 10.0. The van der Waals surface area contributed by atoms with Gasteiger partial charge in [-0.2, -0.15) is 0 Å². The van der Waals surface area contributed by atoms with Crippen molar-refractivity contribution in [3.63, 3.8) is 0 Å². The van der Waals surface area contributed by atoms with Crippen LogP contribution in [0.4, 0.5) is 10.1 Å². The number of imidazole rings is 1. The third-order valence-electron chi connectivity index (χ3n) is 6.46. The van der Waals surface area contributed by atoms with Crippen molar-refractivity contribution in [1.82, 2.24) is 9.55 Å². The number of rotatable bonds is 8. The van der Waals surface area contributed by atoms with Gasteiger partial charge in [0.2, 0.25) is 0 Å². The smallest absolute Gasteiger partial charge is 0.309 e. The Kier molecular flexibility index (Phi) is 7.89. The summed E-state index contributed by atoms with van der Waals surface area (Å²) < 4.78 is 21.2. The predicted molar refractivity (Wildman–Crippen MR) is 141 cm³/mol. The number of esters is 1. The molecule has 36 heavy (non-hydrogen) atoms. The van der Waals surface area contributed by atoms with Crippen molar-refractivity contribution in [1.29, 1.82) is 0 Å². The summed E-state index contributed by atoms with van der Waals surface area (Å²) in [6, 6.07) is 14.7. The Morgan fingerprint density at radius 3 is 2.53 bits per heavy atom. The van der Waals surface area contributed by atoms with E-state index in [4.69, 9.17) is 9.72 Å². The van der Waals surface area contributed by atoms with Crippen molar-refractivity contribution < 1.29 is 19.0 Å². The second-order valence-corrected chi connectivity index (χ2v) is 9.38. The summed E-state index contributed by atoms with van der Waals surface area (Å²) >= 11 is 0. The van der Waals surface area contributed by atoms with Crippen molar-refractivity contribution in [2.24, 2.45) is 0 Å². The zero-order valence-electron chi connectivity index (χ0n) is 21.3. The third kappa shape index (κ3) is 5.51. The molecule has 0 spiro atoms. The molecule has 1 saturated heterocycles. The number of nitrogens with zero attached hydrogens (tertiary/aromatic N) is 3. The number of halogens is 1. The van der Waals surface area contributed by atoms with E-state index in [2.05, 4.69) is 44.7 Å². The predicted octanol–water partition coefficient (Wildman–Crippen LogP) is 5.86. The van der Waals surface area contributed by atoms with Crippen LogP contribution in [-0.2, 0) is 9.53 Å². The van der Waals surface area contributed by atoms with E-state index in [-0.39, 0.29) is 18.2 Å². The number of carbonyl (C=O) groups is 1. The van der Waals surface area contributed by atoms with Gasteiger partial charge in [-0.25, -0.2) is 9.37 Å². The lowest BCUT2D eigenvalue weighted by molar-refractivity contribution is -0.156. The summed E-state index contributed by atoms with van der Waals surface area (Å²) in [5.41, 5.74) is 4.53. The molecule has 1 N–H and O–H groups in total. The molecule has 1 aromatic heterocycles. The van der Waals surface area contributed by atoms with Crippen LogP contribution in [0, 0.1) is 5.82 Å². The average Bonchev–Trinajstić information content (AvgIpc) is 3.23. The van der Waals surface area contributed by atoms with Gasteiger partial charge in [-0.3, -0.25) is 4.79 Å². The van der Waals surface area contributed by atoms with E-state index < -0.39 is 18.2 Å². The molecule has 2 unspecified atom stereocenters. The zero-order chi connectivity index (χ0) is 25.8. The van der Waals surface area contributed by atoms with Crippen molar-refractivity contribution in [3.8, 4) is 22.5 Å². The Morgan fingerprint density at radius 2 is 1.89 bits per heavy atom. The summed E-state index contributed by atoms with van der Waals surface area (Å²) in [5.74, 6) is 0.202. The lowest BCUT2D eigenvalue weighted by Crippen LogP contribution is -2.31. The molecule has 190 valence electrons. The van der Waals surface area contributed by atoms with Gasteiger partial charge in [0.05, 0.1) is 23.9 Å². The number of anilines is 1. The van der Waals surface area contributed by atoms with Gasteiger partial charge < -0.3 is 19.3 Å². The molecule has 0 amide bonds. The van der Waals surface area contributed by atoms with Crippen molar-refractivity contribution in [3.05, 3.63) is 66.2 Å². The topological polar surface area (TPSA) is 67.6 Å². The molecular weight excluding hydrogens is 457 g/mol. The molecule has 2 atom stereocenters. The Morgan fingerprint density at radius 1 is 1.17 bits per heavy atom. The number of cyclic esters (lactones) is 1. The number of aliphatic hydroxyl groups is 1. The van der Waals surface area contributed by atoms with E-state index in [9.17, 15) is 14.3 Å². The fraction of sp³-hybridized carbons (Fsp3) is 0.379. The maximum atomic E-state index is 13.8. The number of benzene rings is 2. The summed E-state index contributed by atoms with van der Waals surface area (Å²) in [5, 5.41) is 10.0. The average molecular weight is 492 g/mol. The van der Waals surface area contributed by atoms with Crippen LogP contribution in [0.2, 0.25) is 0 Å². The minimum atomic E-state index is -0.719. The largest absolute Gasteiger partial charge is 0.458 e. The summed E-state index contributed by atoms with van der Waals surface area (Å²) in [6.07, 6.45) is 2.76. The van der Waals surface area contributed by atoms with E-state index in [0.717, 1.165) is 47.1 Å². The molecule has 6 nitrogen and oxygen atoms in total. The van der Waals surface area contributed by atoms with Crippen LogP contribution < -0.4 is 4.90 Å². The number of aliphatic hydroxyl groups excluding tert-OH is 1. The van der Waals surface area contributed by atoms with E-state index in [0.29, 0.717) is 6.42 Å². The Hall–Kier alpha value is -3.45. The second kappa shape index (κ2) is 11.1. The molecule has 4 rings (SSSR count). The normalized spacial score (nSPS) is 18.1. The van der Waals surface area contributed by atoms with E-state index >= 15 is 0 Å². The number of carbonyl (C=O) groups excluding carboxylic acids is 1. The van der Waals surface area contributed by atoms with Crippen LogP contribution in [0.3, 0.4) is 0 Å². The molecule has 1 aliphatic heterocycles. The first kappa shape index (κ1) is 25.6. The first-order valence-electron chi connectivity index (χ1n) is 12.6. The second-order valence-electron chi connectivity index (χ2n) is 9.38. The molecule has 0 aliphatic carbocycles. The van der Waals surface area contributed by atoms with Crippen molar-refractivity contribution in [2.45, 2.75) is 58.7 Å². The minimum Gasteiger partial charge on any atom is -0.458 e. The Bertz CT molecular complexity index is 1230. The molecule has 3 aromatic rings. The highest BCUT2D eigenvalue weighted by molar-refractivity contribution is 5.82. The van der Waals surface area contributed by atoms with Crippen LogP contribution in [-0.4, -0.2) is 45.9 Å². The molecule has 0 saturated carbocycles. The fourth-order valence-corrected chi connectivity index (χ4v) is 4.64. The molecular formula is C29H34FN3O3. The van der Waals surface area contributed by atoms with Gasteiger partial charge in [0.15, 0.2) is 0 Å². The molecule has 2 heterocycles. The van der Waals surface area contributed by atoms with E-state index in [1.165, 1.54) is 12.1 Å². The molecule has 0 bridgehead atoms. The van der Waals surface area contributed by atoms with Crippen molar-refractivity contribution in [2.75, 3.05) is 18.0 Å². The number of hydrogen-bond acceptors (Lipinski definition) is 5. The summed E-state index contributed by atoms with van der Waals surface area (Å²) in [7, 11) is 0. The van der Waals surface area contributed by atoms with Crippen molar-refractivity contribution >= 4 is 17.9 Å². The first-order chi connectivity index (χ1) is 17.3. The number of hydrogen-bond donors (Lipinski definition) is 1. The number of ether oxygens (including phenoxy) is 1. The Balaban J connectivity index is 1.88. The maximum Gasteiger partial charge on any atom is 0.309 e. The highest BCUT2D eigenvalue weighted by Gasteiger charge is 2.26. The van der Waals surface area contributed by atoms with Gasteiger partial charge in [-0.05, 0) is 56.3 Å². The van der Waals surface area contributed by atoms with Gasteiger partial charge in [-0.1, -0.05) is 26.0 Å². The third-order valence-corrected chi connectivity index (χ3v) is 6.46. The molecule has 2 aromatic carbocycles. The summed E-state index contributed by atoms with van der Waals surface area (Å²) in [6.45, 7) is 10.2. The molecule has 1 aliphatic rings. The molecule has 0 radical (unpaired) electrons. The highest BCUT2D eigenvalue weighted by atomic mass is 19.1. The monoisotopic (exact) mass is 491 g/mol. The maximum absolute atomic E-state index is 13.8. The lowest BCUT2D eigenvalue weighted by Gasteiger charge is -2.23. The van der Waals surface area contributed by atoms with Gasteiger partial charge in [-0.15, -0.1) is 0 Å². The van der Waals surface area contributed by atoms with Crippen LogP contribution in [0.5, 0.6) is 0 Å². The zero-order valence-corrected chi connectivity index (χ0v) is 21.3. The van der Waals surface area contributed by atoms with Gasteiger partial charge in [0.25, 0.3) is 0 Å². The number of aromatic nitrogens is 2. The van der Waals surface area contributed by atoms with Crippen LogP contribution >= 0.6 is 0 Å². The van der Waals surface area contributed by atoms with E-state index in [1.54, 1.807) is 18.2 Å². The first-order valence-corrected chi connectivity index (χ1v) is 12.6. The SMILES string of the molecule is CCN(CC)c1cccc(-c2nc(C(C)C)n(C=CC3CC(O)CC(=O)O3)c2-c2ccc(F)cc2)c1. The van der Waals surface area contributed by atoms with Crippen LogP contribution in [0.15, 0.2) is 54.6 Å². The molecule has 1 fully saturated rings. The quantitative estimate of drug-likeness (QED) is 0.400. The summed E-state index contributed by atoms with van der Waals surface area (Å²) in [4.78, 5) is 19.2. The standard InChI is InChI=1S/C29H34FN3O3/c1-5-32(6-2)23-9-7-8-21(16-23)27-28(20-10-12-22(30)13-11-20)33(29(31-27)19(3)4)15-14-25-17-24(34)18-26(35)36-25/h7-16,19,24-25,34H,5-6,17-18H2,1-4H3. The van der Waals surface area contributed by atoms with Gasteiger partial charge >= 0.3 is 5.97 Å².